The van der Waals surface area contributed by atoms with Crippen LogP contribution in [0.25, 0.3) is 11.3 Å². The molecule has 7 nitrogen and oxygen atoms in total. The summed E-state index contributed by atoms with van der Waals surface area (Å²) in [7, 11) is 0. The van der Waals surface area contributed by atoms with Gasteiger partial charge in [-0.3, -0.25) is 4.98 Å². The van der Waals surface area contributed by atoms with Crippen LogP contribution < -0.4 is 5.32 Å². The highest BCUT2D eigenvalue weighted by Crippen LogP contribution is 2.22. The molecule has 3 N–H and O–H groups in total. The predicted octanol–water partition coefficient (Wildman–Crippen LogP) is 2.49. The molecular weight excluding hydrogens is 294 g/mol. The van der Waals surface area contributed by atoms with Gasteiger partial charge in [-0.15, -0.1) is 0 Å². The lowest BCUT2D eigenvalue weighted by Gasteiger charge is -2.08. The van der Waals surface area contributed by atoms with Gasteiger partial charge in [-0.1, -0.05) is 6.07 Å². The lowest BCUT2D eigenvalue weighted by atomic mass is 10.1. The molecule has 3 aromatic rings. The van der Waals surface area contributed by atoms with Gasteiger partial charge in [0.15, 0.2) is 0 Å². The number of nitrogens with one attached hydrogen (secondary N) is 2. The summed E-state index contributed by atoms with van der Waals surface area (Å²) in [6.07, 6.45) is 6.83. The molecule has 0 aliphatic heterocycles. The summed E-state index contributed by atoms with van der Waals surface area (Å²) in [5.41, 5.74) is 3.42. The number of hydrogen-bond donors (Lipinski definition) is 3. The molecule has 0 bridgehead atoms. The van der Waals surface area contributed by atoms with E-state index in [9.17, 15) is 4.79 Å². The van der Waals surface area contributed by atoms with E-state index in [-0.39, 0.29) is 5.69 Å². The van der Waals surface area contributed by atoms with Crippen LogP contribution in [0.4, 0.5) is 5.95 Å². The van der Waals surface area contributed by atoms with Crippen molar-refractivity contribution in [3.8, 4) is 11.3 Å². The number of nitrogens with zero attached hydrogens (tertiary/aromatic N) is 3. The molecule has 0 saturated carbocycles. The van der Waals surface area contributed by atoms with Gasteiger partial charge in [-0.25, -0.2) is 14.8 Å². The molecule has 0 aliphatic carbocycles. The molecule has 7 heteroatoms. The van der Waals surface area contributed by atoms with Gasteiger partial charge in [0, 0.05) is 36.9 Å². The quantitative estimate of drug-likeness (QED) is 0.669. The number of hydrogen-bond acceptors (Lipinski definition) is 5. The second-order valence-corrected chi connectivity index (χ2v) is 5.05. The molecule has 0 saturated heterocycles. The Hall–Kier alpha value is -3.22. The number of pyridine rings is 1. The normalized spacial score (nSPS) is 10.5. The number of aromatic amines is 1. The van der Waals surface area contributed by atoms with Gasteiger partial charge in [-0.2, -0.15) is 0 Å². The first-order valence-electron chi connectivity index (χ1n) is 7.02. The van der Waals surface area contributed by atoms with Crippen molar-refractivity contribution >= 4 is 11.9 Å². The van der Waals surface area contributed by atoms with Crippen LogP contribution in [0.3, 0.4) is 0 Å². The fraction of sp³-hybridized carbons (Fsp3) is 0.125. The highest BCUT2D eigenvalue weighted by atomic mass is 16.4. The molecule has 0 aromatic carbocycles. The van der Waals surface area contributed by atoms with Gasteiger partial charge in [-0.05, 0) is 30.2 Å². The van der Waals surface area contributed by atoms with E-state index in [1.807, 2.05) is 19.1 Å². The van der Waals surface area contributed by atoms with Crippen molar-refractivity contribution in [2.24, 2.45) is 0 Å². The number of anilines is 1. The Kier molecular flexibility index (Phi) is 4.01. The zero-order valence-corrected chi connectivity index (χ0v) is 12.4. The van der Waals surface area contributed by atoms with Gasteiger partial charge in [0.2, 0.25) is 5.95 Å². The lowest BCUT2D eigenvalue weighted by Crippen LogP contribution is -2.05. The number of aromatic carboxylic acids is 1. The van der Waals surface area contributed by atoms with Crippen molar-refractivity contribution in [3.05, 3.63) is 59.8 Å². The third kappa shape index (κ3) is 3.34. The Morgan fingerprint density at radius 1 is 1.39 bits per heavy atom. The fourth-order valence-corrected chi connectivity index (χ4v) is 2.16. The van der Waals surface area contributed by atoms with Crippen molar-refractivity contribution in [3.63, 3.8) is 0 Å². The van der Waals surface area contributed by atoms with E-state index in [0.717, 1.165) is 11.1 Å². The van der Waals surface area contributed by atoms with Crippen LogP contribution in [0.2, 0.25) is 0 Å². The topological polar surface area (TPSA) is 104 Å². The minimum absolute atomic E-state index is 0.128. The summed E-state index contributed by atoms with van der Waals surface area (Å²) >= 11 is 0. The highest BCUT2D eigenvalue weighted by molar-refractivity contribution is 5.87. The predicted molar refractivity (Wildman–Crippen MR) is 85.1 cm³/mol. The van der Waals surface area contributed by atoms with Crippen LogP contribution in [0.15, 0.2) is 43.0 Å². The number of carbonyl (C=O) groups is 1. The van der Waals surface area contributed by atoms with E-state index in [1.54, 1.807) is 30.9 Å². The monoisotopic (exact) mass is 309 g/mol. The number of aryl methyl sites for hydroxylation is 1. The maximum absolute atomic E-state index is 11.0. The average molecular weight is 309 g/mol. The standard InChI is InChI=1S/C16H15N5O2/c1-10-6-19-16(20-8-11-3-2-4-17-7-11)21-14(10)12-5-13(15(22)23)18-9-12/h2-7,9,18H,8H2,1H3,(H,22,23)(H,19,20,21). The summed E-state index contributed by atoms with van der Waals surface area (Å²) in [6, 6.07) is 5.38. The molecule has 0 atom stereocenters. The summed E-state index contributed by atoms with van der Waals surface area (Å²) in [4.78, 5) is 26.5. The molecular formula is C16H15N5O2. The Balaban J connectivity index is 1.82. The first kappa shape index (κ1) is 14.7. The first-order valence-corrected chi connectivity index (χ1v) is 7.02. The van der Waals surface area contributed by atoms with Crippen molar-refractivity contribution < 1.29 is 9.90 Å². The van der Waals surface area contributed by atoms with E-state index >= 15 is 0 Å². The number of carboxylic acid groups (broad SMARTS) is 1. The SMILES string of the molecule is Cc1cnc(NCc2cccnc2)nc1-c1c[nH]c(C(=O)O)c1. The van der Waals surface area contributed by atoms with Gasteiger partial charge < -0.3 is 15.4 Å². The molecule has 0 spiro atoms. The van der Waals surface area contributed by atoms with Crippen LogP contribution in [-0.2, 0) is 6.54 Å². The average Bonchev–Trinajstić information content (AvgIpc) is 3.05. The van der Waals surface area contributed by atoms with E-state index in [0.29, 0.717) is 23.8 Å². The molecule has 3 rings (SSSR count). The number of rotatable bonds is 5. The molecule has 0 fully saturated rings. The minimum Gasteiger partial charge on any atom is -0.477 e. The van der Waals surface area contributed by atoms with Gasteiger partial charge in [0.05, 0.1) is 5.69 Å². The Bertz CT molecular complexity index is 829. The smallest absolute Gasteiger partial charge is 0.352 e. The van der Waals surface area contributed by atoms with Crippen molar-refractivity contribution in [2.75, 3.05) is 5.32 Å². The number of H-pyrrole nitrogens is 1. The van der Waals surface area contributed by atoms with Gasteiger partial charge >= 0.3 is 5.97 Å². The molecule has 3 heterocycles. The summed E-state index contributed by atoms with van der Waals surface area (Å²) in [6.45, 7) is 2.44. The van der Waals surface area contributed by atoms with Crippen LogP contribution >= 0.6 is 0 Å². The second-order valence-electron chi connectivity index (χ2n) is 5.05. The Morgan fingerprint density at radius 3 is 2.96 bits per heavy atom. The van der Waals surface area contributed by atoms with Crippen molar-refractivity contribution in [2.45, 2.75) is 13.5 Å². The molecule has 0 aliphatic rings. The highest BCUT2D eigenvalue weighted by Gasteiger charge is 2.11. The van der Waals surface area contributed by atoms with E-state index in [1.165, 1.54) is 0 Å². The molecule has 0 amide bonds. The van der Waals surface area contributed by atoms with E-state index < -0.39 is 5.97 Å². The third-order valence-electron chi connectivity index (χ3n) is 3.33. The van der Waals surface area contributed by atoms with Crippen molar-refractivity contribution in [1.29, 1.82) is 0 Å². The van der Waals surface area contributed by atoms with E-state index in [2.05, 4.69) is 25.3 Å². The van der Waals surface area contributed by atoms with E-state index in [4.69, 9.17) is 5.11 Å². The third-order valence-corrected chi connectivity index (χ3v) is 3.33. The zero-order chi connectivity index (χ0) is 16.2. The molecule has 0 unspecified atom stereocenters. The minimum atomic E-state index is -1.00. The van der Waals surface area contributed by atoms with Crippen LogP contribution in [0.1, 0.15) is 21.6 Å². The maximum atomic E-state index is 11.0. The lowest BCUT2D eigenvalue weighted by molar-refractivity contribution is 0.0691. The van der Waals surface area contributed by atoms with Crippen LogP contribution in [0.5, 0.6) is 0 Å². The van der Waals surface area contributed by atoms with Crippen LogP contribution in [0, 0.1) is 6.92 Å². The Morgan fingerprint density at radius 2 is 2.26 bits per heavy atom. The number of aromatic nitrogens is 4. The summed E-state index contributed by atoms with van der Waals surface area (Å²) in [5.74, 6) is -0.523. The molecule has 116 valence electrons. The molecule has 3 aromatic heterocycles. The molecule has 23 heavy (non-hydrogen) atoms. The summed E-state index contributed by atoms with van der Waals surface area (Å²) < 4.78 is 0. The molecule has 0 radical (unpaired) electrons. The van der Waals surface area contributed by atoms with Crippen LogP contribution in [-0.4, -0.2) is 31.0 Å². The maximum Gasteiger partial charge on any atom is 0.352 e. The van der Waals surface area contributed by atoms with Gasteiger partial charge in [0.1, 0.15) is 5.69 Å². The second kappa shape index (κ2) is 6.27. The number of carboxylic acids is 1. The fourth-order valence-electron chi connectivity index (χ4n) is 2.16. The van der Waals surface area contributed by atoms with Crippen molar-refractivity contribution in [1.82, 2.24) is 19.9 Å². The Labute approximate surface area is 132 Å². The van der Waals surface area contributed by atoms with Gasteiger partial charge in [0.25, 0.3) is 0 Å². The summed E-state index contributed by atoms with van der Waals surface area (Å²) in [5, 5.41) is 12.1. The largest absolute Gasteiger partial charge is 0.477 e. The first-order chi connectivity index (χ1) is 11.1. The zero-order valence-electron chi connectivity index (χ0n) is 12.4.